The fraction of sp³-hybridized carbons (Fsp3) is 0.333. The van der Waals surface area contributed by atoms with Crippen molar-refractivity contribution < 1.29 is 0 Å². The van der Waals surface area contributed by atoms with Crippen LogP contribution in [0.1, 0.15) is 25.7 Å². The van der Waals surface area contributed by atoms with E-state index < -0.39 is 0 Å². The zero-order chi connectivity index (χ0) is 13.6. The lowest BCUT2D eigenvalue weighted by atomic mass is 10.00. The van der Waals surface area contributed by atoms with Gasteiger partial charge in [0.15, 0.2) is 0 Å². The summed E-state index contributed by atoms with van der Waals surface area (Å²) in [6.07, 6.45) is 5.47. The third-order valence-electron chi connectivity index (χ3n) is 3.70. The van der Waals surface area contributed by atoms with Gasteiger partial charge in [-0.1, -0.05) is 49.2 Å². The topological polar surface area (TPSA) is 0 Å². The molecule has 104 valence electrons. The van der Waals surface area contributed by atoms with E-state index in [-0.39, 0.29) is 0 Å². The molecule has 2 aromatic rings. The number of hydrogen-bond acceptors (Lipinski definition) is 2. The Kier molecular flexibility index (Phi) is 5.10. The standard InChI is InChI=1S/C18H20S2/c1-3-9-15(10-4-1)19-17-13-7-8-14-18(17)20-16-11-5-2-6-12-16/h1-6,9-12,17-18H,7-8,13-14H2. The molecule has 0 saturated heterocycles. The predicted octanol–water partition coefficient (Wildman–Crippen LogP) is 5.88. The monoisotopic (exact) mass is 300 g/mol. The molecule has 0 aromatic heterocycles. The summed E-state index contributed by atoms with van der Waals surface area (Å²) in [5.41, 5.74) is 0. The summed E-state index contributed by atoms with van der Waals surface area (Å²) < 4.78 is 0. The van der Waals surface area contributed by atoms with Crippen LogP contribution in [0.15, 0.2) is 70.5 Å². The SMILES string of the molecule is c1ccc(SC2CCCCC2Sc2ccccc2)cc1. The van der Waals surface area contributed by atoms with Crippen LogP contribution < -0.4 is 0 Å². The van der Waals surface area contributed by atoms with Gasteiger partial charge >= 0.3 is 0 Å². The Labute approximate surface area is 130 Å². The predicted molar refractivity (Wildman–Crippen MR) is 90.6 cm³/mol. The van der Waals surface area contributed by atoms with Gasteiger partial charge in [0.1, 0.15) is 0 Å². The summed E-state index contributed by atoms with van der Waals surface area (Å²) >= 11 is 4.14. The van der Waals surface area contributed by atoms with Crippen LogP contribution in [-0.4, -0.2) is 10.5 Å². The number of rotatable bonds is 4. The van der Waals surface area contributed by atoms with E-state index in [1.54, 1.807) is 0 Å². The van der Waals surface area contributed by atoms with Crippen LogP contribution in [0, 0.1) is 0 Å². The fourth-order valence-corrected chi connectivity index (χ4v) is 5.49. The van der Waals surface area contributed by atoms with Crippen LogP contribution in [0.3, 0.4) is 0 Å². The molecule has 0 heterocycles. The van der Waals surface area contributed by atoms with E-state index in [1.165, 1.54) is 35.5 Å². The Morgan fingerprint density at radius 3 is 1.40 bits per heavy atom. The van der Waals surface area contributed by atoms with Gasteiger partial charge in [-0.15, -0.1) is 23.5 Å². The van der Waals surface area contributed by atoms with Crippen molar-refractivity contribution in [2.45, 2.75) is 46.0 Å². The highest BCUT2D eigenvalue weighted by Gasteiger charge is 2.26. The van der Waals surface area contributed by atoms with E-state index in [0.717, 1.165) is 10.5 Å². The van der Waals surface area contributed by atoms with Gasteiger partial charge in [-0.05, 0) is 37.1 Å². The van der Waals surface area contributed by atoms with Crippen LogP contribution in [0.5, 0.6) is 0 Å². The molecule has 1 aliphatic rings. The molecule has 0 N–H and O–H groups in total. The largest absolute Gasteiger partial charge is 0.122 e. The normalized spacial score (nSPS) is 22.6. The van der Waals surface area contributed by atoms with Gasteiger partial charge in [0.2, 0.25) is 0 Å². The van der Waals surface area contributed by atoms with Crippen molar-refractivity contribution in [2.24, 2.45) is 0 Å². The second-order valence-corrected chi connectivity index (χ2v) is 7.85. The van der Waals surface area contributed by atoms with Crippen molar-refractivity contribution in [2.75, 3.05) is 0 Å². The third kappa shape index (κ3) is 3.83. The van der Waals surface area contributed by atoms with Crippen LogP contribution in [0.25, 0.3) is 0 Å². The lowest BCUT2D eigenvalue weighted by molar-refractivity contribution is 0.527. The summed E-state index contributed by atoms with van der Waals surface area (Å²) in [6.45, 7) is 0. The smallest absolute Gasteiger partial charge is 0.0217 e. The molecule has 0 nitrogen and oxygen atoms in total. The van der Waals surface area contributed by atoms with E-state index in [4.69, 9.17) is 0 Å². The third-order valence-corrected chi connectivity index (χ3v) is 6.70. The van der Waals surface area contributed by atoms with Crippen molar-refractivity contribution in [1.82, 2.24) is 0 Å². The summed E-state index contributed by atoms with van der Waals surface area (Å²) in [5, 5.41) is 1.49. The van der Waals surface area contributed by atoms with Crippen molar-refractivity contribution in [3.8, 4) is 0 Å². The van der Waals surface area contributed by atoms with Gasteiger partial charge in [0.25, 0.3) is 0 Å². The molecule has 1 aliphatic carbocycles. The van der Waals surface area contributed by atoms with Crippen LogP contribution >= 0.6 is 23.5 Å². The molecule has 2 unspecified atom stereocenters. The highest BCUT2D eigenvalue weighted by Crippen LogP contribution is 2.41. The number of benzene rings is 2. The van der Waals surface area contributed by atoms with Gasteiger partial charge in [0.05, 0.1) is 0 Å². The molecular formula is C18H20S2. The molecule has 0 aliphatic heterocycles. The van der Waals surface area contributed by atoms with Crippen LogP contribution in [-0.2, 0) is 0 Å². The van der Waals surface area contributed by atoms with E-state index >= 15 is 0 Å². The Morgan fingerprint density at radius 1 is 0.600 bits per heavy atom. The highest BCUT2D eigenvalue weighted by molar-refractivity contribution is 8.03. The molecule has 0 radical (unpaired) electrons. The van der Waals surface area contributed by atoms with Crippen LogP contribution in [0.2, 0.25) is 0 Å². The minimum absolute atomic E-state index is 0.747. The van der Waals surface area contributed by atoms with Crippen molar-refractivity contribution in [1.29, 1.82) is 0 Å². The molecule has 0 spiro atoms. The first-order valence-electron chi connectivity index (χ1n) is 7.35. The Bertz CT molecular complexity index is 460. The lowest BCUT2D eigenvalue weighted by Crippen LogP contribution is -2.24. The molecule has 2 aromatic carbocycles. The molecule has 1 saturated carbocycles. The second kappa shape index (κ2) is 7.24. The van der Waals surface area contributed by atoms with Crippen molar-refractivity contribution in [3.05, 3.63) is 60.7 Å². The molecule has 3 rings (SSSR count). The molecule has 0 bridgehead atoms. The Morgan fingerprint density at radius 2 is 1.00 bits per heavy atom. The zero-order valence-corrected chi connectivity index (χ0v) is 13.2. The van der Waals surface area contributed by atoms with E-state index in [9.17, 15) is 0 Å². The summed E-state index contributed by atoms with van der Waals surface area (Å²) in [4.78, 5) is 2.83. The maximum absolute atomic E-state index is 2.24. The highest BCUT2D eigenvalue weighted by atomic mass is 32.2. The first-order chi connectivity index (χ1) is 9.92. The van der Waals surface area contributed by atoms with E-state index in [1.807, 2.05) is 0 Å². The first-order valence-corrected chi connectivity index (χ1v) is 9.11. The van der Waals surface area contributed by atoms with E-state index in [0.29, 0.717) is 0 Å². The zero-order valence-electron chi connectivity index (χ0n) is 11.6. The van der Waals surface area contributed by atoms with Gasteiger partial charge in [-0.25, -0.2) is 0 Å². The lowest BCUT2D eigenvalue weighted by Gasteiger charge is -2.30. The van der Waals surface area contributed by atoms with Gasteiger partial charge in [-0.2, -0.15) is 0 Å². The summed E-state index contributed by atoms with van der Waals surface area (Å²) in [6, 6.07) is 21.7. The summed E-state index contributed by atoms with van der Waals surface area (Å²) in [7, 11) is 0. The van der Waals surface area contributed by atoms with Crippen LogP contribution in [0.4, 0.5) is 0 Å². The molecule has 0 amide bonds. The van der Waals surface area contributed by atoms with E-state index in [2.05, 4.69) is 84.2 Å². The average Bonchev–Trinajstić information content (AvgIpc) is 2.51. The second-order valence-electron chi connectivity index (χ2n) is 5.22. The molecule has 2 heteroatoms. The molecule has 20 heavy (non-hydrogen) atoms. The fourth-order valence-electron chi connectivity index (χ4n) is 2.68. The Balaban J connectivity index is 1.68. The van der Waals surface area contributed by atoms with Crippen molar-refractivity contribution in [3.63, 3.8) is 0 Å². The summed E-state index contributed by atoms with van der Waals surface area (Å²) in [5.74, 6) is 0. The maximum Gasteiger partial charge on any atom is 0.0217 e. The first kappa shape index (κ1) is 14.1. The molecule has 1 fully saturated rings. The van der Waals surface area contributed by atoms with Gasteiger partial charge < -0.3 is 0 Å². The average molecular weight is 300 g/mol. The quantitative estimate of drug-likeness (QED) is 0.691. The number of hydrogen-bond donors (Lipinski definition) is 0. The molecular weight excluding hydrogens is 280 g/mol. The minimum Gasteiger partial charge on any atom is -0.122 e. The maximum atomic E-state index is 2.24. The van der Waals surface area contributed by atoms with Gasteiger partial charge in [-0.3, -0.25) is 0 Å². The molecule has 2 atom stereocenters. The van der Waals surface area contributed by atoms with Crippen molar-refractivity contribution >= 4 is 23.5 Å². The number of thioether (sulfide) groups is 2. The minimum atomic E-state index is 0.747. The Hall–Kier alpha value is -0.860. The van der Waals surface area contributed by atoms with Gasteiger partial charge in [0, 0.05) is 20.3 Å².